The Morgan fingerprint density at radius 2 is 1.81 bits per heavy atom. The van der Waals surface area contributed by atoms with Crippen LogP contribution in [0.15, 0.2) is 71.6 Å². The zero-order valence-electron chi connectivity index (χ0n) is 24.9. The van der Waals surface area contributed by atoms with Gasteiger partial charge in [-0.05, 0) is 71.0 Å². The van der Waals surface area contributed by atoms with Gasteiger partial charge in [-0.15, -0.1) is 11.8 Å². The number of rotatable bonds is 11. The lowest BCUT2D eigenvalue weighted by Crippen LogP contribution is -2.53. The maximum atomic E-state index is 13.9. The lowest BCUT2D eigenvalue weighted by atomic mass is 9.98. The minimum atomic E-state index is -0.685. The molecule has 1 aliphatic heterocycles. The Bertz CT molecular complexity index is 1430. The number of nitrogens with zero attached hydrogens (tertiary/aromatic N) is 1. The number of nitrogens with one attached hydrogen (secondary N) is 3. The van der Waals surface area contributed by atoms with Crippen LogP contribution < -0.4 is 26.6 Å². The van der Waals surface area contributed by atoms with Crippen molar-refractivity contribution in [3.8, 4) is 11.1 Å². The van der Waals surface area contributed by atoms with Gasteiger partial charge in [0.25, 0.3) is 0 Å². The number of aliphatic hydroxyl groups excluding tert-OH is 1. The van der Waals surface area contributed by atoms with Crippen molar-refractivity contribution in [3.63, 3.8) is 0 Å². The van der Waals surface area contributed by atoms with Crippen LogP contribution in [0.5, 0.6) is 0 Å². The number of amides is 4. The van der Waals surface area contributed by atoms with Gasteiger partial charge in [0, 0.05) is 23.7 Å². The molecule has 0 spiro atoms. The maximum Gasteiger partial charge on any atom is 0.315 e. The number of aryl methyl sites for hydroxylation is 1. The molecule has 2 atom stereocenters. The van der Waals surface area contributed by atoms with Crippen molar-refractivity contribution in [3.05, 3.63) is 83.4 Å². The monoisotopic (exact) mass is 603 g/mol. The number of carbonyl (C=O) groups excluding carboxylic acids is 3. The molecular weight excluding hydrogens is 562 g/mol. The zero-order valence-corrected chi connectivity index (χ0v) is 25.7. The van der Waals surface area contributed by atoms with E-state index in [1.54, 1.807) is 16.7 Å². The second kappa shape index (κ2) is 15.0. The van der Waals surface area contributed by atoms with E-state index >= 15 is 0 Å². The summed E-state index contributed by atoms with van der Waals surface area (Å²) >= 11 is 1.66. The molecular formula is C33H41N5O4S. The van der Waals surface area contributed by atoms with Crippen molar-refractivity contribution < 1.29 is 19.5 Å². The van der Waals surface area contributed by atoms with Gasteiger partial charge in [-0.25, -0.2) is 4.79 Å². The third kappa shape index (κ3) is 8.16. The van der Waals surface area contributed by atoms with Crippen LogP contribution in [0.3, 0.4) is 0 Å². The van der Waals surface area contributed by atoms with Gasteiger partial charge in [0.1, 0.15) is 6.04 Å². The fourth-order valence-corrected chi connectivity index (χ4v) is 5.55. The average molecular weight is 604 g/mol. The minimum Gasteiger partial charge on any atom is -0.395 e. The quantitative estimate of drug-likeness (QED) is 0.212. The predicted octanol–water partition coefficient (Wildman–Crippen LogP) is 3.81. The maximum absolute atomic E-state index is 13.9. The Labute approximate surface area is 257 Å². The average Bonchev–Trinajstić information content (AvgIpc) is 3.14. The molecule has 1 unspecified atom stereocenters. The minimum absolute atomic E-state index is 0.0406. The van der Waals surface area contributed by atoms with Crippen LogP contribution in [0.2, 0.25) is 0 Å². The van der Waals surface area contributed by atoms with Gasteiger partial charge < -0.3 is 31.7 Å². The number of nitrogens with two attached hydrogens (primary N) is 1. The summed E-state index contributed by atoms with van der Waals surface area (Å²) in [5.74, 6) is -0.506. The number of thioether (sulfide) groups is 1. The number of hydrogen-bond donors (Lipinski definition) is 5. The molecule has 1 aliphatic rings. The molecule has 0 bridgehead atoms. The highest BCUT2D eigenvalue weighted by atomic mass is 32.2. The second-order valence-corrected chi connectivity index (χ2v) is 11.9. The summed E-state index contributed by atoms with van der Waals surface area (Å²) in [5, 5.41) is 17.3. The lowest BCUT2D eigenvalue weighted by Gasteiger charge is -2.27. The first-order chi connectivity index (χ1) is 20.7. The zero-order chi connectivity index (χ0) is 30.9. The Morgan fingerprint density at radius 3 is 2.51 bits per heavy atom. The van der Waals surface area contributed by atoms with E-state index in [0.717, 1.165) is 38.4 Å². The number of aliphatic hydroxyl groups is 1. The van der Waals surface area contributed by atoms with E-state index in [2.05, 4.69) is 22.0 Å². The third-order valence-corrected chi connectivity index (χ3v) is 8.37. The third-order valence-electron chi connectivity index (χ3n) is 7.64. The SMILES string of the molecule is CSc1ccc2c(c1)CC[C@@H](NC(=O)C(N)C(C)C)C(=O)N2Cc1ccc(-c2ccccc2CNC(=O)NCCO)cc1. The van der Waals surface area contributed by atoms with E-state index in [4.69, 9.17) is 10.8 Å². The van der Waals surface area contributed by atoms with Gasteiger partial charge in [-0.3, -0.25) is 9.59 Å². The van der Waals surface area contributed by atoms with Crippen LogP contribution in [0.4, 0.5) is 10.5 Å². The summed E-state index contributed by atoms with van der Waals surface area (Å²) in [6, 6.07) is 20.3. The molecule has 3 aromatic carbocycles. The first-order valence-electron chi connectivity index (χ1n) is 14.6. The summed E-state index contributed by atoms with van der Waals surface area (Å²) in [5.41, 5.74) is 11.9. The molecule has 43 heavy (non-hydrogen) atoms. The number of benzene rings is 3. The van der Waals surface area contributed by atoms with Gasteiger partial charge in [0.15, 0.2) is 0 Å². The summed E-state index contributed by atoms with van der Waals surface area (Å²) < 4.78 is 0. The standard InChI is InChI=1S/C33H41N5O4S/c1-21(2)30(34)31(40)37-28-14-12-24-18-26(43-3)13-15-29(24)38(32(28)41)20-22-8-10-23(11-9-22)27-7-5-4-6-25(27)19-36-33(42)35-16-17-39/h4-11,13,15,18,21,28,30,39H,12,14,16-17,19-20,34H2,1-3H3,(H,37,40)(H2,35,36,42)/t28-,30?/m1/s1. The summed E-state index contributed by atoms with van der Waals surface area (Å²) in [6.45, 7) is 4.53. The highest BCUT2D eigenvalue weighted by molar-refractivity contribution is 7.98. The molecule has 9 nitrogen and oxygen atoms in total. The van der Waals surface area contributed by atoms with E-state index in [0.29, 0.717) is 25.9 Å². The second-order valence-electron chi connectivity index (χ2n) is 11.0. The highest BCUT2D eigenvalue weighted by Gasteiger charge is 2.33. The van der Waals surface area contributed by atoms with Crippen molar-refractivity contribution in [2.75, 3.05) is 24.3 Å². The Morgan fingerprint density at radius 1 is 1.07 bits per heavy atom. The number of carbonyl (C=O) groups is 3. The van der Waals surface area contributed by atoms with Crippen LogP contribution in [0, 0.1) is 5.92 Å². The van der Waals surface area contributed by atoms with Crippen LogP contribution >= 0.6 is 11.8 Å². The topological polar surface area (TPSA) is 137 Å². The molecule has 0 saturated carbocycles. The largest absolute Gasteiger partial charge is 0.395 e. The smallest absolute Gasteiger partial charge is 0.315 e. The molecule has 0 aromatic heterocycles. The van der Waals surface area contributed by atoms with E-state index < -0.39 is 12.1 Å². The van der Waals surface area contributed by atoms with Crippen molar-refractivity contribution in [2.45, 2.75) is 56.8 Å². The van der Waals surface area contributed by atoms with Crippen LogP contribution in [0.25, 0.3) is 11.1 Å². The Kier molecular flexibility index (Phi) is 11.2. The van der Waals surface area contributed by atoms with Crippen molar-refractivity contribution >= 4 is 35.3 Å². The van der Waals surface area contributed by atoms with Gasteiger partial charge in [-0.2, -0.15) is 0 Å². The molecule has 4 rings (SSSR count). The Balaban J connectivity index is 1.56. The van der Waals surface area contributed by atoms with Crippen molar-refractivity contribution in [2.24, 2.45) is 11.7 Å². The van der Waals surface area contributed by atoms with Crippen LogP contribution in [0.1, 0.15) is 37.0 Å². The molecule has 0 fully saturated rings. The molecule has 10 heteroatoms. The molecule has 1 heterocycles. The number of urea groups is 1. The van der Waals surface area contributed by atoms with Gasteiger partial charge in [-0.1, -0.05) is 62.4 Å². The van der Waals surface area contributed by atoms with E-state index in [-0.39, 0.29) is 36.9 Å². The molecule has 0 radical (unpaired) electrons. The van der Waals surface area contributed by atoms with E-state index in [1.807, 2.05) is 80.8 Å². The Hall–Kier alpha value is -3.86. The van der Waals surface area contributed by atoms with Gasteiger partial charge >= 0.3 is 6.03 Å². The molecule has 3 aromatic rings. The first-order valence-corrected chi connectivity index (χ1v) is 15.8. The predicted molar refractivity (Wildman–Crippen MR) is 172 cm³/mol. The number of fused-ring (bicyclic) bond motifs is 1. The van der Waals surface area contributed by atoms with Crippen LogP contribution in [-0.4, -0.2) is 54.4 Å². The molecule has 0 aliphatic carbocycles. The fourth-order valence-electron chi connectivity index (χ4n) is 5.09. The molecule has 4 amide bonds. The first kappa shape index (κ1) is 32.1. The number of anilines is 1. The molecule has 228 valence electrons. The number of hydrogen-bond acceptors (Lipinski definition) is 6. The van der Waals surface area contributed by atoms with Crippen molar-refractivity contribution in [1.29, 1.82) is 0 Å². The van der Waals surface area contributed by atoms with Crippen LogP contribution in [-0.2, 0) is 29.1 Å². The summed E-state index contributed by atoms with van der Waals surface area (Å²) in [7, 11) is 0. The summed E-state index contributed by atoms with van der Waals surface area (Å²) in [6.07, 6.45) is 3.19. The fraction of sp³-hybridized carbons (Fsp3) is 0.364. The van der Waals surface area contributed by atoms with Crippen molar-refractivity contribution in [1.82, 2.24) is 16.0 Å². The summed E-state index contributed by atoms with van der Waals surface area (Å²) in [4.78, 5) is 41.6. The van der Waals surface area contributed by atoms with Gasteiger partial charge in [0.2, 0.25) is 11.8 Å². The lowest BCUT2D eigenvalue weighted by molar-refractivity contribution is -0.129. The van der Waals surface area contributed by atoms with E-state index in [1.165, 1.54) is 0 Å². The van der Waals surface area contributed by atoms with Gasteiger partial charge in [0.05, 0.1) is 19.2 Å². The highest BCUT2D eigenvalue weighted by Crippen LogP contribution is 2.32. The van der Waals surface area contributed by atoms with E-state index in [9.17, 15) is 14.4 Å². The molecule has 6 N–H and O–H groups in total. The molecule has 0 saturated heterocycles. The normalized spacial score (nSPS) is 15.4.